The third kappa shape index (κ3) is 6.59. The fourth-order valence-electron chi connectivity index (χ4n) is 4.85. The highest BCUT2D eigenvalue weighted by molar-refractivity contribution is 5.93. The third-order valence-electron chi connectivity index (χ3n) is 7.23. The molecule has 3 amide bonds. The van der Waals surface area contributed by atoms with Crippen LogP contribution in [0.2, 0.25) is 0 Å². The topological polar surface area (TPSA) is 86.9 Å². The molecule has 10 heteroatoms. The van der Waals surface area contributed by atoms with Crippen molar-refractivity contribution in [3.8, 4) is 11.5 Å². The molecule has 8 nitrogen and oxygen atoms in total. The summed E-state index contributed by atoms with van der Waals surface area (Å²) in [5.74, 6) is -1.15. The van der Waals surface area contributed by atoms with Crippen LogP contribution in [0.15, 0.2) is 66.9 Å². The smallest absolute Gasteiger partial charge is 0.322 e. The summed E-state index contributed by atoms with van der Waals surface area (Å²) in [6.07, 6.45) is 4.09. The van der Waals surface area contributed by atoms with Crippen molar-refractivity contribution >= 4 is 28.5 Å². The number of hydrogen-bond donors (Lipinski definition) is 2. The van der Waals surface area contributed by atoms with Crippen LogP contribution in [0.1, 0.15) is 24.0 Å². The number of carbonyl (C=O) groups excluding carboxylic acids is 2. The number of aromatic amines is 1. The molecular formula is C31H32F2N4O4. The molecule has 0 bridgehead atoms. The summed E-state index contributed by atoms with van der Waals surface area (Å²) < 4.78 is 37.9. The predicted octanol–water partition coefficient (Wildman–Crippen LogP) is 5.73. The molecule has 1 aliphatic rings. The first-order valence-corrected chi connectivity index (χ1v) is 13.4. The lowest BCUT2D eigenvalue weighted by Gasteiger charge is -2.28. The van der Waals surface area contributed by atoms with Crippen molar-refractivity contribution in [3.63, 3.8) is 0 Å². The first-order chi connectivity index (χ1) is 19.9. The van der Waals surface area contributed by atoms with Crippen LogP contribution in [0.4, 0.5) is 19.3 Å². The summed E-state index contributed by atoms with van der Waals surface area (Å²) >= 11 is 0. The second-order valence-corrected chi connectivity index (χ2v) is 10.0. The number of aromatic nitrogens is 1. The van der Waals surface area contributed by atoms with Gasteiger partial charge in [0.25, 0.3) is 0 Å². The van der Waals surface area contributed by atoms with Crippen LogP contribution >= 0.6 is 0 Å². The van der Waals surface area contributed by atoms with Gasteiger partial charge in [-0.25, -0.2) is 13.6 Å². The van der Waals surface area contributed by atoms with Crippen LogP contribution in [0.5, 0.6) is 11.5 Å². The number of carbonyl (C=O) groups is 2. The molecule has 41 heavy (non-hydrogen) atoms. The number of benzene rings is 3. The standard InChI is InChI=1S/C31H32F2N4O4/c1-40-28-12-7-20(15-29(28)41-2)18-36(14-13-21-17-34-27-6-4-3-5-24(21)27)30(38)19-37(23-9-10-23)31(39)35-22-8-11-25(32)26(33)16-22/h3-8,11-12,15-17,23,34H,9-10,13-14,18-19H2,1-2H3,(H,35,39). The number of urea groups is 1. The van der Waals surface area contributed by atoms with Gasteiger partial charge in [0.05, 0.1) is 14.2 Å². The number of methoxy groups -OCH3 is 2. The van der Waals surface area contributed by atoms with Gasteiger partial charge in [-0.05, 0) is 60.7 Å². The average molecular weight is 563 g/mol. The minimum Gasteiger partial charge on any atom is -0.493 e. The minimum atomic E-state index is -1.06. The van der Waals surface area contributed by atoms with Crippen molar-refractivity contribution in [2.75, 3.05) is 32.6 Å². The van der Waals surface area contributed by atoms with E-state index in [0.29, 0.717) is 31.0 Å². The second kappa shape index (κ2) is 12.3. The summed E-state index contributed by atoms with van der Waals surface area (Å²) in [7, 11) is 3.12. The Morgan fingerprint density at radius 1 is 0.976 bits per heavy atom. The van der Waals surface area contributed by atoms with Crippen molar-refractivity contribution in [3.05, 3.63) is 89.6 Å². The number of H-pyrrole nitrogens is 1. The third-order valence-corrected chi connectivity index (χ3v) is 7.23. The van der Waals surface area contributed by atoms with E-state index in [1.807, 2.05) is 42.6 Å². The van der Waals surface area contributed by atoms with Gasteiger partial charge < -0.3 is 29.6 Å². The lowest BCUT2D eigenvalue weighted by Crippen LogP contribution is -2.45. The Morgan fingerprint density at radius 2 is 1.76 bits per heavy atom. The number of ether oxygens (including phenoxy) is 2. The van der Waals surface area contributed by atoms with Gasteiger partial charge in [0, 0.05) is 48.0 Å². The number of anilines is 1. The summed E-state index contributed by atoms with van der Waals surface area (Å²) in [5.41, 5.74) is 3.07. The highest BCUT2D eigenvalue weighted by Crippen LogP contribution is 2.30. The van der Waals surface area contributed by atoms with E-state index in [2.05, 4.69) is 10.3 Å². The van der Waals surface area contributed by atoms with E-state index in [1.165, 1.54) is 11.0 Å². The van der Waals surface area contributed by atoms with Crippen molar-refractivity contribution in [2.24, 2.45) is 0 Å². The highest BCUT2D eigenvalue weighted by Gasteiger charge is 2.35. The fourth-order valence-corrected chi connectivity index (χ4v) is 4.85. The number of nitrogens with zero attached hydrogens (tertiary/aromatic N) is 2. The van der Waals surface area contributed by atoms with Gasteiger partial charge in [0.1, 0.15) is 6.54 Å². The molecule has 1 aromatic heterocycles. The molecule has 0 radical (unpaired) electrons. The number of halogens is 2. The van der Waals surface area contributed by atoms with Crippen LogP contribution < -0.4 is 14.8 Å². The Kier molecular flexibility index (Phi) is 8.37. The van der Waals surface area contributed by atoms with Gasteiger partial charge in [-0.2, -0.15) is 0 Å². The fraction of sp³-hybridized carbons (Fsp3) is 0.290. The maximum Gasteiger partial charge on any atom is 0.322 e. The number of hydrogen-bond acceptors (Lipinski definition) is 4. The molecule has 1 heterocycles. The van der Waals surface area contributed by atoms with Crippen LogP contribution in [-0.2, 0) is 17.8 Å². The molecule has 0 spiro atoms. The van der Waals surface area contributed by atoms with Crippen molar-refractivity contribution < 1.29 is 27.8 Å². The maximum atomic E-state index is 13.8. The molecule has 1 aliphatic carbocycles. The largest absolute Gasteiger partial charge is 0.493 e. The molecule has 4 aromatic rings. The van der Waals surface area contributed by atoms with E-state index < -0.39 is 17.7 Å². The Balaban J connectivity index is 1.35. The SMILES string of the molecule is COc1ccc(CN(CCc2c[nH]c3ccccc23)C(=O)CN(C(=O)Nc2ccc(F)c(F)c2)C2CC2)cc1OC. The molecule has 0 saturated heterocycles. The molecule has 0 atom stereocenters. The summed E-state index contributed by atoms with van der Waals surface area (Å²) in [5, 5.41) is 3.70. The first kappa shape index (κ1) is 27.9. The Labute approximate surface area is 236 Å². The molecule has 0 unspecified atom stereocenters. The van der Waals surface area contributed by atoms with Gasteiger partial charge in [-0.3, -0.25) is 4.79 Å². The number of para-hydroxylation sites is 1. The Morgan fingerprint density at radius 3 is 2.49 bits per heavy atom. The first-order valence-electron chi connectivity index (χ1n) is 13.4. The average Bonchev–Trinajstić information content (AvgIpc) is 3.74. The zero-order valence-corrected chi connectivity index (χ0v) is 23.0. The normalized spacial score (nSPS) is 12.7. The molecule has 214 valence electrons. The van der Waals surface area contributed by atoms with Crippen LogP contribution in [0, 0.1) is 11.6 Å². The van der Waals surface area contributed by atoms with Crippen molar-refractivity contribution in [1.82, 2.24) is 14.8 Å². The molecule has 1 fully saturated rings. The molecule has 5 rings (SSSR count). The van der Waals surface area contributed by atoms with E-state index in [9.17, 15) is 18.4 Å². The van der Waals surface area contributed by atoms with E-state index in [4.69, 9.17) is 9.47 Å². The Hall–Kier alpha value is -4.60. The zero-order chi connectivity index (χ0) is 28.9. The summed E-state index contributed by atoms with van der Waals surface area (Å²) in [6.45, 7) is 0.560. The molecule has 0 aliphatic heterocycles. The minimum absolute atomic E-state index is 0.0965. The highest BCUT2D eigenvalue weighted by atomic mass is 19.2. The van der Waals surface area contributed by atoms with Gasteiger partial charge in [-0.1, -0.05) is 24.3 Å². The summed E-state index contributed by atoms with van der Waals surface area (Å²) in [6, 6.07) is 16.0. The van der Waals surface area contributed by atoms with Crippen LogP contribution in [-0.4, -0.2) is 60.1 Å². The van der Waals surface area contributed by atoms with Crippen LogP contribution in [0.25, 0.3) is 10.9 Å². The maximum absolute atomic E-state index is 13.8. The zero-order valence-electron chi connectivity index (χ0n) is 23.0. The van der Waals surface area contributed by atoms with Gasteiger partial charge in [0.2, 0.25) is 5.91 Å². The number of rotatable bonds is 11. The molecular weight excluding hydrogens is 530 g/mol. The van der Waals surface area contributed by atoms with E-state index in [-0.39, 0.29) is 24.2 Å². The number of fused-ring (bicyclic) bond motifs is 1. The second-order valence-electron chi connectivity index (χ2n) is 10.0. The molecule has 1 saturated carbocycles. The Bertz CT molecular complexity index is 1550. The predicted molar refractivity (Wildman–Crippen MR) is 152 cm³/mol. The summed E-state index contributed by atoms with van der Waals surface area (Å²) in [4.78, 5) is 33.4. The van der Waals surface area contributed by atoms with Gasteiger partial charge in [-0.15, -0.1) is 0 Å². The molecule has 3 aromatic carbocycles. The van der Waals surface area contributed by atoms with Crippen molar-refractivity contribution in [1.29, 1.82) is 0 Å². The van der Waals surface area contributed by atoms with E-state index in [0.717, 1.165) is 47.0 Å². The van der Waals surface area contributed by atoms with Gasteiger partial charge in [0.15, 0.2) is 23.1 Å². The van der Waals surface area contributed by atoms with Crippen molar-refractivity contribution in [2.45, 2.75) is 31.8 Å². The monoisotopic (exact) mass is 562 g/mol. The lowest BCUT2D eigenvalue weighted by molar-refractivity contribution is -0.132. The molecule has 2 N–H and O–H groups in total. The van der Waals surface area contributed by atoms with E-state index >= 15 is 0 Å². The number of amides is 3. The van der Waals surface area contributed by atoms with Crippen LogP contribution in [0.3, 0.4) is 0 Å². The van der Waals surface area contributed by atoms with E-state index in [1.54, 1.807) is 25.2 Å². The van der Waals surface area contributed by atoms with Gasteiger partial charge >= 0.3 is 6.03 Å². The quantitative estimate of drug-likeness (QED) is 0.244. The lowest BCUT2D eigenvalue weighted by atomic mass is 10.1. The number of nitrogens with one attached hydrogen (secondary N) is 2.